The summed E-state index contributed by atoms with van der Waals surface area (Å²) >= 11 is 7.53. The first-order valence-corrected chi connectivity index (χ1v) is 11.6. The lowest BCUT2D eigenvalue weighted by Gasteiger charge is -2.17. The van der Waals surface area contributed by atoms with Gasteiger partial charge < -0.3 is 5.32 Å². The van der Waals surface area contributed by atoms with Crippen molar-refractivity contribution >= 4 is 29.3 Å². The summed E-state index contributed by atoms with van der Waals surface area (Å²) in [6, 6.07) is 18.1. The van der Waals surface area contributed by atoms with Gasteiger partial charge in [0.05, 0.1) is 5.25 Å². The first kappa shape index (κ1) is 20.9. The number of rotatable bonds is 7. The number of benzene rings is 2. The van der Waals surface area contributed by atoms with Crippen LogP contribution in [0.15, 0.2) is 59.8 Å². The second-order valence-electron chi connectivity index (χ2n) is 7.62. The lowest BCUT2D eigenvalue weighted by Crippen LogP contribution is -2.37. The average molecular weight is 441 g/mol. The second-order valence-corrected chi connectivity index (χ2v) is 9.37. The van der Waals surface area contributed by atoms with Crippen LogP contribution in [0, 0.1) is 0 Å². The third-order valence-electron chi connectivity index (χ3n) is 5.34. The minimum atomic E-state index is -0.259. The fourth-order valence-corrected chi connectivity index (χ4v) is 4.74. The van der Waals surface area contributed by atoms with E-state index in [4.69, 9.17) is 11.6 Å². The van der Waals surface area contributed by atoms with E-state index in [9.17, 15) is 4.79 Å². The maximum Gasteiger partial charge on any atom is 0.233 e. The number of nitrogens with zero attached hydrogens (tertiary/aromatic N) is 3. The van der Waals surface area contributed by atoms with Gasteiger partial charge in [0.1, 0.15) is 5.82 Å². The van der Waals surface area contributed by atoms with Crippen molar-refractivity contribution in [2.24, 2.45) is 0 Å². The van der Waals surface area contributed by atoms with Crippen molar-refractivity contribution in [1.29, 1.82) is 0 Å². The Kier molecular flexibility index (Phi) is 6.75. The van der Waals surface area contributed by atoms with Gasteiger partial charge in [-0.1, -0.05) is 66.5 Å². The second kappa shape index (κ2) is 9.67. The summed E-state index contributed by atoms with van der Waals surface area (Å²) < 4.78 is 2.02. The molecule has 5 nitrogen and oxygen atoms in total. The molecule has 3 aromatic rings. The minimum absolute atomic E-state index is 0.0576. The van der Waals surface area contributed by atoms with Crippen LogP contribution in [0.5, 0.6) is 0 Å². The number of hydrogen-bond acceptors (Lipinski definition) is 4. The van der Waals surface area contributed by atoms with Gasteiger partial charge in [0.15, 0.2) is 5.16 Å². The lowest BCUT2D eigenvalue weighted by molar-refractivity contribution is -0.120. The first-order chi connectivity index (χ1) is 14.6. The topological polar surface area (TPSA) is 59.8 Å². The molecule has 7 heteroatoms. The number of nitrogens with one attached hydrogen (secondary N) is 1. The highest BCUT2D eigenvalue weighted by Gasteiger charge is 2.24. The third-order valence-corrected chi connectivity index (χ3v) is 6.64. The molecule has 156 valence electrons. The van der Waals surface area contributed by atoms with Gasteiger partial charge in [-0.3, -0.25) is 9.36 Å². The zero-order valence-electron chi connectivity index (χ0n) is 16.9. The van der Waals surface area contributed by atoms with E-state index in [1.54, 1.807) is 0 Å². The molecule has 0 aliphatic heterocycles. The highest BCUT2D eigenvalue weighted by Crippen LogP contribution is 2.28. The average Bonchev–Trinajstić information content (AvgIpc) is 3.40. The maximum atomic E-state index is 12.7. The van der Waals surface area contributed by atoms with Crippen molar-refractivity contribution in [2.45, 2.75) is 55.5 Å². The lowest BCUT2D eigenvalue weighted by atomic mass is 10.1. The Bertz CT molecular complexity index is 984. The Labute approximate surface area is 186 Å². The fourth-order valence-electron chi connectivity index (χ4n) is 3.72. The van der Waals surface area contributed by atoms with Gasteiger partial charge in [0, 0.05) is 23.2 Å². The monoisotopic (exact) mass is 440 g/mol. The van der Waals surface area contributed by atoms with Crippen LogP contribution in [0.25, 0.3) is 5.69 Å². The van der Waals surface area contributed by atoms with Gasteiger partial charge in [-0.25, -0.2) is 0 Å². The van der Waals surface area contributed by atoms with Gasteiger partial charge in [-0.2, -0.15) is 0 Å². The Morgan fingerprint density at radius 3 is 2.53 bits per heavy atom. The molecule has 30 heavy (non-hydrogen) atoms. The van der Waals surface area contributed by atoms with E-state index >= 15 is 0 Å². The smallest absolute Gasteiger partial charge is 0.233 e. The van der Waals surface area contributed by atoms with Gasteiger partial charge in [-0.15, -0.1) is 10.2 Å². The van der Waals surface area contributed by atoms with Crippen LogP contribution in [-0.2, 0) is 11.2 Å². The number of hydrogen-bond donors (Lipinski definition) is 1. The fraction of sp³-hybridized carbons (Fsp3) is 0.348. The number of thioether (sulfide) groups is 1. The van der Waals surface area contributed by atoms with E-state index < -0.39 is 0 Å². The number of carbonyl (C=O) groups excluding carboxylic acids is 1. The molecule has 0 radical (unpaired) electrons. The molecule has 1 saturated carbocycles. The van der Waals surface area contributed by atoms with E-state index in [0.717, 1.165) is 29.9 Å². The number of amides is 1. The molecule has 1 N–H and O–H groups in total. The molecule has 1 amide bonds. The van der Waals surface area contributed by atoms with Crippen LogP contribution in [0.1, 0.15) is 44.0 Å². The SMILES string of the molecule is CC(Sc1nnc(Cc2ccccc2)n1-c1ccc(Cl)cc1)C(=O)NC1CCCC1. The molecule has 1 aromatic heterocycles. The zero-order valence-corrected chi connectivity index (χ0v) is 18.5. The number of aromatic nitrogens is 3. The van der Waals surface area contributed by atoms with Crippen LogP contribution in [0.4, 0.5) is 0 Å². The summed E-state index contributed by atoms with van der Waals surface area (Å²) in [4.78, 5) is 12.7. The normalized spacial score (nSPS) is 15.3. The summed E-state index contributed by atoms with van der Waals surface area (Å²) in [5.41, 5.74) is 2.09. The van der Waals surface area contributed by atoms with Gasteiger partial charge >= 0.3 is 0 Å². The van der Waals surface area contributed by atoms with Crippen molar-refractivity contribution in [3.63, 3.8) is 0 Å². The van der Waals surface area contributed by atoms with Crippen LogP contribution in [-0.4, -0.2) is 32.0 Å². The third kappa shape index (κ3) is 5.05. The van der Waals surface area contributed by atoms with Crippen molar-refractivity contribution in [1.82, 2.24) is 20.1 Å². The Morgan fingerprint density at radius 1 is 1.13 bits per heavy atom. The molecule has 0 bridgehead atoms. The molecular weight excluding hydrogens is 416 g/mol. The summed E-state index contributed by atoms with van der Waals surface area (Å²) in [6.07, 6.45) is 5.19. The molecule has 1 fully saturated rings. The van der Waals surface area contributed by atoms with Crippen molar-refractivity contribution in [3.8, 4) is 5.69 Å². The van der Waals surface area contributed by atoms with Crippen molar-refractivity contribution in [3.05, 3.63) is 71.0 Å². The highest BCUT2D eigenvalue weighted by atomic mass is 35.5. The van der Waals surface area contributed by atoms with Crippen molar-refractivity contribution < 1.29 is 4.79 Å². The number of halogens is 1. The highest BCUT2D eigenvalue weighted by molar-refractivity contribution is 8.00. The van der Waals surface area contributed by atoms with Gasteiger partial charge in [0.2, 0.25) is 5.91 Å². The van der Waals surface area contributed by atoms with Crippen LogP contribution >= 0.6 is 23.4 Å². The summed E-state index contributed by atoms with van der Waals surface area (Å²) in [5.74, 6) is 0.886. The van der Waals surface area contributed by atoms with Gasteiger partial charge in [0.25, 0.3) is 0 Å². The summed E-state index contributed by atoms with van der Waals surface area (Å²) in [7, 11) is 0. The van der Waals surface area contributed by atoms with E-state index in [-0.39, 0.29) is 11.2 Å². The van der Waals surface area contributed by atoms with Crippen LogP contribution < -0.4 is 5.32 Å². The zero-order chi connectivity index (χ0) is 20.9. The Hall–Kier alpha value is -2.31. The van der Waals surface area contributed by atoms with Crippen LogP contribution in [0.2, 0.25) is 5.02 Å². The maximum absolute atomic E-state index is 12.7. The molecular formula is C23H25ClN4OS. The molecule has 0 spiro atoms. The minimum Gasteiger partial charge on any atom is -0.352 e. The predicted octanol–water partition coefficient (Wildman–Crippen LogP) is 5.05. The summed E-state index contributed by atoms with van der Waals surface area (Å²) in [5, 5.41) is 13.2. The quantitative estimate of drug-likeness (QED) is 0.522. The largest absolute Gasteiger partial charge is 0.352 e. The first-order valence-electron chi connectivity index (χ1n) is 10.3. The molecule has 1 atom stereocenters. The Morgan fingerprint density at radius 2 is 1.83 bits per heavy atom. The van der Waals surface area contributed by atoms with Crippen LogP contribution in [0.3, 0.4) is 0 Å². The van der Waals surface area contributed by atoms with E-state index in [1.165, 1.54) is 24.6 Å². The molecule has 1 aliphatic carbocycles. The molecule has 2 aromatic carbocycles. The van der Waals surface area contributed by atoms with Crippen molar-refractivity contribution in [2.75, 3.05) is 0 Å². The van der Waals surface area contributed by atoms with E-state index in [1.807, 2.05) is 54.0 Å². The standard InChI is InChI=1S/C23H25ClN4OS/c1-16(22(29)25-19-9-5-6-10-19)30-23-27-26-21(15-17-7-3-2-4-8-17)28(23)20-13-11-18(24)12-14-20/h2-4,7-8,11-14,16,19H,5-6,9-10,15H2,1H3,(H,25,29). The molecule has 1 unspecified atom stereocenters. The molecule has 1 aliphatic rings. The molecule has 0 saturated heterocycles. The van der Waals surface area contributed by atoms with E-state index in [2.05, 4.69) is 27.6 Å². The Balaban J connectivity index is 1.58. The molecule has 4 rings (SSSR count). The van der Waals surface area contributed by atoms with E-state index in [0.29, 0.717) is 22.6 Å². The van der Waals surface area contributed by atoms with Gasteiger partial charge in [-0.05, 0) is 49.6 Å². The molecule has 1 heterocycles. The summed E-state index contributed by atoms with van der Waals surface area (Å²) in [6.45, 7) is 1.92. The number of carbonyl (C=O) groups is 1. The predicted molar refractivity (Wildman–Crippen MR) is 121 cm³/mol.